The fourth-order valence-electron chi connectivity index (χ4n) is 1.89. The van der Waals surface area contributed by atoms with Crippen molar-refractivity contribution in [2.24, 2.45) is 4.99 Å². The Hall–Kier alpha value is -3.29. The molecule has 0 saturated heterocycles. The van der Waals surface area contributed by atoms with Gasteiger partial charge in [-0.25, -0.2) is 4.99 Å². The summed E-state index contributed by atoms with van der Waals surface area (Å²) in [6, 6.07) is 8.49. The van der Waals surface area contributed by atoms with Crippen molar-refractivity contribution in [3.63, 3.8) is 0 Å². The molecule has 0 fully saturated rings. The molecule has 0 aliphatic rings. The van der Waals surface area contributed by atoms with Crippen LogP contribution >= 0.6 is 0 Å². The summed E-state index contributed by atoms with van der Waals surface area (Å²) in [5, 5.41) is 31.6. The van der Waals surface area contributed by atoms with Gasteiger partial charge in [0.05, 0.1) is 9.85 Å². The van der Waals surface area contributed by atoms with E-state index >= 15 is 0 Å². The van der Waals surface area contributed by atoms with Gasteiger partial charge in [-0.3, -0.25) is 20.2 Å². The molecule has 0 aromatic heterocycles. The van der Waals surface area contributed by atoms with Gasteiger partial charge in [-0.15, -0.1) is 0 Å². The molecule has 8 heteroatoms. The summed E-state index contributed by atoms with van der Waals surface area (Å²) in [5.74, 6) is -0.535. The molecule has 0 atom stereocenters. The van der Waals surface area contributed by atoms with E-state index in [2.05, 4.69) is 4.99 Å². The predicted octanol–water partition coefficient (Wildman–Crippen LogP) is 3.27. The number of benzene rings is 2. The van der Waals surface area contributed by atoms with Gasteiger partial charge in [0.15, 0.2) is 0 Å². The highest BCUT2D eigenvalue weighted by Gasteiger charge is 2.17. The van der Waals surface area contributed by atoms with Crippen LogP contribution in [0, 0.1) is 27.2 Å². The highest BCUT2D eigenvalue weighted by molar-refractivity contribution is 5.88. The zero-order valence-corrected chi connectivity index (χ0v) is 11.5. The van der Waals surface area contributed by atoms with Crippen molar-refractivity contribution in [3.8, 4) is 5.75 Å². The van der Waals surface area contributed by atoms with Gasteiger partial charge in [0.1, 0.15) is 5.69 Å². The van der Waals surface area contributed by atoms with Gasteiger partial charge in [0, 0.05) is 23.9 Å². The third kappa shape index (κ3) is 2.90. The highest BCUT2D eigenvalue weighted by Crippen LogP contribution is 2.32. The Balaban J connectivity index is 2.49. The van der Waals surface area contributed by atoms with Crippen LogP contribution in [0.1, 0.15) is 11.1 Å². The molecule has 1 N–H and O–H groups in total. The second-order valence-electron chi connectivity index (χ2n) is 4.43. The number of nitrogens with zero attached hydrogens (tertiary/aromatic N) is 3. The van der Waals surface area contributed by atoms with Gasteiger partial charge in [-0.1, -0.05) is 18.2 Å². The van der Waals surface area contributed by atoms with E-state index in [9.17, 15) is 25.3 Å². The molecule has 0 saturated carbocycles. The number of phenols is 1. The molecule has 0 heterocycles. The number of rotatable bonds is 4. The Morgan fingerprint density at radius 1 is 1.05 bits per heavy atom. The maximum Gasteiger partial charge on any atom is 0.311 e. The van der Waals surface area contributed by atoms with Gasteiger partial charge >= 0.3 is 5.69 Å². The summed E-state index contributed by atoms with van der Waals surface area (Å²) in [6.45, 7) is 1.66. The van der Waals surface area contributed by atoms with Crippen LogP contribution in [-0.4, -0.2) is 21.2 Å². The Morgan fingerprint density at radius 2 is 1.64 bits per heavy atom. The SMILES string of the molecule is Cc1cccc([N+](=O)[O-])c1N=Cc1cccc([N+](=O)[O-])c1O. The Labute approximate surface area is 124 Å². The van der Waals surface area contributed by atoms with Gasteiger partial charge in [0.2, 0.25) is 5.75 Å². The molecular formula is C14H11N3O5. The van der Waals surface area contributed by atoms with Crippen LogP contribution in [0.15, 0.2) is 41.4 Å². The molecule has 0 aliphatic heterocycles. The summed E-state index contributed by atoms with van der Waals surface area (Å²) in [4.78, 5) is 24.5. The molecule has 22 heavy (non-hydrogen) atoms. The third-order valence-corrected chi connectivity index (χ3v) is 2.99. The van der Waals surface area contributed by atoms with Crippen LogP contribution in [0.25, 0.3) is 0 Å². The maximum absolute atomic E-state index is 11.0. The second-order valence-corrected chi connectivity index (χ2v) is 4.43. The van der Waals surface area contributed by atoms with E-state index in [0.29, 0.717) is 5.56 Å². The van der Waals surface area contributed by atoms with Crippen LogP contribution in [0.4, 0.5) is 17.1 Å². The number of para-hydroxylation sites is 2. The zero-order valence-electron chi connectivity index (χ0n) is 11.5. The minimum atomic E-state index is -0.719. The van der Waals surface area contributed by atoms with Crippen LogP contribution in [0.5, 0.6) is 5.75 Å². The van der Waals surface area contributed by atoms with Crippen molar-refractivity contribution in [1.82, 2.24) is 0 Å². The fourth-order valence-corrected chi connectivity index (χ4v) is 1.89. The van der Waals surface area contributed by atoms with E-state index in [-0.39, 0.29) is 16.9 Å². The highest BCUT2D eigenvalue weighted by atomic mass is 16.6. The molecule has 0 amide bonds. The van der Waals surface area contributed by atoms with E-state index in [4.69, 9.17) is 0 Å². The first-order chi connectivity index (χ1) is 10.4. The normalized spacial score (nSPS) is 10.8. The molecule has 2 aromatic rings. The molecule has 8 nitrogen and oxygen atoms in total. The van der Waals surface area contributed by atoms with Gasteiger partial charge < -0.3 is 5.11 Å². The van der Waals surface area contributed by atoms with E-state index < -0.39 is 21.3 Å². The van der Waals surface area contributed by atoms with Gasteiger partial charge in [-0.05, 0) is 18.6 Å². The minimum absolute atomic E-state index is 0.103. The summed E-state index contributed by atoms with van der Waals surface area (Å²) in [6.07, 6.45) is 1.16. The lowest BCUT2D eigenvalue weighted by Gasteiger charge is -2.02. The number of aromatic hydroxyl groups is 1. The molecular weight excluding hydrogens is 290 g/mol. The number of phenolic OH excluding ortho intramolecular Hbond substituents is 1. The van der Waals surface area contributed by atoms with Crippen LogP contribution in [-0.2, 0) is 0 Å². The lowest BCUT2D eigenvalue weighted by molar-refractivity contribution is -0.385. The van der Waals surface area contributed by atoms with Crippen LogP contribution in [0.2, 0.25) is 0 Å². The van der Waals surface area contributed by atoms with E-state index in [0.717, 1.165) is 12.3 Å². The quantitative estimate of drug-likeness (QED) is 0.528. The average molecular weight is 301 g/mol. The lowest BCUT2D eigenvalue weighted by atomic mass is 10.1. The Kier molecular flexibility index (Phi) is 4.12. The standard InChI is InChI=1S/C14H11N3O5/c1-9-4-2-6-11(16(19)20)13(9)15-8-10-5-3-7-12(14(10)18)17(21)22/h2-8,18H,1H3. The van der Waals surface area contributed by atoms with E-state index in [1.165, 1.54) is 24.3 Å². The molecule has 0 unspecified atom stereocenters. The Morgan fingerprint density at radius 3 is 2.27 bits per heavy atom. The summed E-state index contributed by atoms with van der Waals surface area (Å²) < 4.78 is 0. The molecule has 2 rings (SSSR count). The van der Waals surface area contributed by atoms with E-state index in [1.54, 1.807) is 13.0 Å². The second kappa shape index (κ2) is 6.00. The first-order valence-electron chi connectivity index (χ1n) is 6.16. The lowest BCUT2D eigenvalue weighted by Crippen LogP contribution is -1.93. The monoisotopic (exact) mass is 301 g/mol. The first kappa shape index (κ1) is 15.1. The van der Waals surface area contributed by atoms with Crippen molar-refractivity contribution >= 4 is 23.3 Å². The summed E-state index contributed by atoms with van der Waals surface area (Å²) >= 11 is 0. The number of aliphatic imine (C=N–C) groups is 1. The van der Waals surface area contributed by atoms with Crippen molar-refractivity contribution in [2.75, 3.05) is 0 Å². The zero-order chi connectivity index (χ0) is 16.3. The van der Waals surface area contributed by atoms with Gasteiger partial charge in [0.25, 0.3) is 5.69 Å². The van der Waals surface area contributed by atoms with Crippen molar-refractivity contribution < 1.29 is 15.0 Å². The predicted molar refractivity (Wildman–Crippen MR) is 79.8 cm³/mol. The van der Waals surface area contributed by atoms with E-state index in [1.807, 2.05) is 0 Å². The molecule has 0 bridgehead atoms. The molecule has 112 valence electrons. The number of nitro benzene ring substituents is 2. The minimum Gasteiger partial charge on any atom is -0.502 e. The molecule has 0 spiro atoms. The smallest absolute Gasteiger partial charge is 0.311 e. The Bertz CT molecular complexity index is 786. The summed E-state index contributed by atoms with van der Waals surface area (Å²) in [7, 11) is 0. The first-order valence-corrected chi connectivity index (χ1v) is 6.16. The topological polar surface area (TPSA) is 119 Å². The van der Waals surface area contributed by atoms with Crippen LogP contribution < -0.4 is 0 Å². The van der Waals surface area contributed by atoms with Crippen molar-refractivity contribution in [1.29, 1.82) is 0 Å². The number of aryl methyl sites for hydroxylation is 1. The van der Waals surface area contributed by atoms with Crippen molar-refractivity contribution in [3.05, 3.63) is 67.8 Å². The average Bonchev–Trinajstić information content (AvgIpc) is 2.46. The molecule has 0 aliphatic carbocycles. The fraction of sp³-hybridized carbons (Fsp3) is 0.0714. The molecule has 2 aromatic carbocycles. The third-order valence-electron chi connectivity index (χ3n) is 2.99. The largest absolute Gasteiger partial charge is 0.502 e. The van der Waals surface area contributed by atoms with Gasteiger partial charge in [-0.2, -0.15) is 0 Å². The van der Waals surface area contributed by atoms with Crippen LogP contribution in [0.3, 0.4) is 0 Å². The van der Waals surface area contributed by atoms with Crippen molar-refractivity contribution in [2.45, 2.75) is 6.92 Å². The number of hydrogen-bond acceptors (Lipinski definition) is 6. The number of hydrogen-bond donors (Lipinski definition) is 1. The number of nitro groups is 2. The molecule has 0 radical (unpaired) electrons. The maximum atomic E-state index is 11.0. The summed E-state index contributed by atoms with van der Waals surface area (Å²) in [5.41, 5.74) is 0.185.